The van der Waals surface area contributed by atoms with Gasteiger partial charge in [-0.25, -0.2) is 0 Å². The van der Waals surface area contributed by atoms with E-state index in [0.29, 0.717) is 0 Å². The Labute approximate surface area is 175 Å². The molecule has 2 N–H and O–H groups in total. The number of methoxy groups -OCH3 is 1. The molecule has 6 nitrogen and oxygen atoms in total. The molecule has 6 atom stereocenters. The van der Waals surface area contributed by atoms with E-state index in [1.54, 1.807) is 0 Å². The van der Waals surface area contributed by atoms with Gasteiger partial charge < -0.3 is 28.8 Å². The molecule has 1 aliphatic heterocycles. The molecule has 1 aromatic rings. The average Bonchev–Trinajstić information content (AvgIpc) is 2.68. The third-order valence-corrected chi connectivity index (χ3v) is 10.3. The number of aliphatic hydroxyl groups excluding tert-OH is 2. The fraction of sp³-hybridized carbons (Fsp3) is 0.636. The van der Waals surface area contributed by atoms with Gasteiger partial charge in [0.05, 0.1) is 6.61 Å². The maximum Gasteiger partial charge on any atom is 0.192 e. The fourth-order valence-electron chi connectivity index (χ4n) is 2.88. The van der Waals surface area contributed by atoms with Crippen LogP contribution in [0.4, 0.5) is 0 Å². The minimum Gasteiger partial charge on any atom is -0.414 e. The zero-order valence-corrected chi connectivity index (χ0v) is 19.2. The van der Waals surface area contributed by atoms with Crippen LogP contribution in [0.25, 0.3) is 0 Å². The normalized spacial score (nSPS) is 29.3. The van der Waals surface area contributed by atoms with E-state index in [4.69, 9.17) is 25.1 Å². The molecule has 1 fully saturated rings. The second-order valence-electron chi connectivity index (χ2n) is 8.89. The lowest BCUT2D eigenvalue weighted by atomic mass is 9.98. The van der Waals surface area contributed by atoms with E-state index in [0.717, 1.165) is 5.56 Å². The Hall–Kier alpha value is -1.24. The lowest BCUT2D eigenvalue weighted by Gasteiger charge is -2.44. The van der Waals surface area contributed by atoms with Crippen molar-refractivity contribution in [2.75, 3.05) is 13.7 Å². The number of benzene rings is 1. The molecule has 2 rings (SSSR count). The first-order valence-corrected chi connectivity index (χ1v) is 12.8. The van der Waals surface area contributed by atoms with Crippen LogP contribution in [-0.4, -0.2) is 63.0 Å². The standard InChI is InChI=1S/C22H34O6Si/c1-8-16(15-12-10-9-11-13-15)27-20-19(24)18(23)17(28-21(20)25-5)14-26-29(6,7)22(2,3)4/h1,9-13,16-21,23-24H,14H2,2-7H3/t16-,17+,18+,19-,20-,21-/m0/s1. The molecule has 7 heteroatoms. The Morgan fingerprint density at radius 3 is 2.31 bits per heavy atom. The summed E-state index contributed by atoms with van der Waals surface area (Å²) in [7, 11) is -0.574. The third kappa shape index (κ3) is 5.67. The highest BCUT2D eigenvalue weighted by Crippen LogP contribution is 2.37. The number of hydrogen-bond donors (Lipinski definition) is 2. The monoisotopic (exact) mass is 422 g/mol. The number of rotatable bonds is 7. The van der Waals surface area contributed by atoms with Crippen molar-refractivity contribution in [2.24, 2.45) is 0 Å². The Balaban J connectivity index is 2.10. The first-order valence-electron chi connectivity index (χ1n) is 9.86. The van der Waals surface area contributed by atoms with Crippen molar-refractivity contribution < 1.29 is 28.8 Å². The van der Waals surface area contributed by atoms with Crippen LogP contribution in [0.15, 0.2) is 30.3 Å². The van der Waals surface area contributed by atoms with E-state index >= 15 is 0 Å². The highest BCUT2D eigenvalue weighted by atomic mass is 28.4. The van der Waals surface area contributed by atoms with Gasteiger partial charge in [-0.15, -0.1) is 6.42 Å². The Morgan fingerprint density at radius 2 is 1.79 bits per heavy atom. The number of terminal acetylenes is 1. The summed E-state index contributed by atoms with van der Waals surface area (Å²) in [4.78, 5) is 0. The summed E-state index contributed by atoms with van der Waals surface area (Å²) >= 11 is 0. The summed E-state index contributed by atoms with van der Waals surface area (Å²) in [6.45, 7) is 10.8. The smallest absolute Gasteiger partial charge is 0.192 e. The van der Waals surface area contributed by atoms with Gasteiger partial charge in [0.1, 0.15) is 30.5 Å². The van der Waals surface area contributed by atoms with Crippen molar-refractivity contribution in [2.45, 2.75) is 75.7 Å². The van der Waals surface area contributed by atoms with Crippen molar-refractivity contribution in [1.82, 2.24) is 0 Å². The molecule has 29 heavy (non-hydrogen) atoms. The summed E-state index contributed by atoms with van der Waals surface area (Å²) < 4.78 is 23.4. The van der Waals surface area contributed by atoms with Gasteiger partial charge in [-0.3, -0.25) is 0 Å². The molecule has 162 valence electrons. The molecule has 1 aromatic carbocycles. The summed E-state index contributed by atoms with van der Waals surface area (Å²) in [5, 5.41) is 21.4. The molecule has 0 saturated carbocycles. The lowest BCUT2D eigenvalue weighted by molar-refractivity contribution is -0.307. The fourth-order valence-corrected chi connectivity index (χ4v) is 3.90. The molecular formula is C22H34O6Si. The summed E-state index contributed by atoms with van der Waals surface area (Å²) in [6, 6.07) is 9.27. The van der Waals surface area contributed by atoms with Crippen molar-refractivity contribution in [3.8, 4) is 12.3 Å². The summed E-state index contributed by atoms with van der Waals surface area (Å²) in [5.74, 6) is 2.57. The van der Waals surface area contributed by atoms with E-state index in [-0.39, 0.29) is 11.6 Å². The van der Waals surface area contributed by atoms with Gasteiger partial charge in [0.2, 0.25) is 0 Å². The molecular weight excluding hydrogens is 388 g/mol. The van der Waals surface area contributed by atoms with Gasteiger partial charge in [-0.05, 0) is 23.7 Å². The molecule has 0 spiro atoms. The van der Waals surface area contributed by atoms with Crippen LogP contribution in [0.5, 0.6) is 0 Å². The molecule has 0 radical (unpaired) electrons. The van der Waals surface area contributed by atoms with Gasteiger partial charge >= 0.3 is 0 Å². The number of aliphatic hydroxyl groups is 2. The molecule has 1 saturated heterocycles. The molecule has 1 heterocycles. The van der Waals surface area contributed by atoms with Crippen LogP contribution in [0.1, 0.15) is 32.4 Å². The predicted molar refractivity (Wildman–Crippen MR) is 114 cm³/mol. The van der Waals surface area contributed by atoms with Crippen LogP contribution in [0.3, 0.4) is 0 Å². The quantitative estimate of drug-likeness (QED) is 0.520. The van der Waals surface area contributed by atoms with Gasteiger partial charge in [-0.1, -0.05) is 57.0 Å². The SMILES string of the molecule is C#C[C@H](O[C@@H]1[C@@H](OC)O[C@H](CO[Si](C)(C)C(C)(C)C)[C@@H](O)[C@@H]1O)c1ccccc1. The number of ether oxygens (including phenoxy) is 3. The second kappa shape index (κ2) is 9.71. The topological polar surface area (TPSA) is 77.4 Å². The van der Waals surface area contributed by atoms with Crippen LogP contribution in [-0.2, 0) is 18.6 Å². The average molecular weight is 423 g/mol. The Kier molecular flexibility index (Phi) is 8.05. The van der Waals surface area contributed by atoms with Gasteiger partial charge in [0.15, 0.2) is 14.6 Å². The van der Waals surface area contributed by atoms with Crippen LogP contribution in [0, 0.1) is 12.3 Å². The van der Waals surface area contributed by atoms with E-state index in [1.807, 2.05) is 30.3 Å². The minimum atomic E-state index is -2.04. The highest BCUT2D eigenvalue weighted by molar-refractivity contribution is 6.74. The van der Waals surface area contributed by atoms with E-state index in [2.05, 4.69) is 39.8 Å². The second-order valence-corrected chi connectivity index (χ2v) is 13.7. The van der Waals surface area contributed by atoms with Gasteiger partial charge in [0.25, 0.3) is 0 Å². The van der Waals surface area contributed by atoms with Crippen molar-refractivity contribution >= 4 is 8.32 Å². The van der Waals surface area contributed by atoms with E-state index in [9.17, 15) is 10.2 Å². The zero-order chi connectivity index (χ0) is 21.8. The Morgan fingerprint density at radius 1 is 1.17 bits per heavy atom. The molecule has 0 aromatic heterocycles. The Bertz CT molecular complexity index is 679. The first kappa shape index (κ1) is 24.0. The minimum absolute atomic E-state index is 0.0211. The number of hydrogen-bond acceptors (Lipinski definition) is 6. The van der Waals surface area contributed by atoms with E-state index in [1.165, 1.54) is 7.11 Å². The third-order valence-electron chi connectivity index (χ3n) is 5.84. The molecule has 0 amide bonds. The predicted octanol–water partition coefficient (Wildman–Crippen LogP) is 2.86. The maximum atomic E-state index is 10.7. The zero-order valence-electron chi connectivity index (χ0n) is 18.2. The summed E-state index contributed by atoms with van der Waals surface area (Å²) in [5.41, 5.74) is 0.773. The van der Waals surface area contributed by atoms with Crippen molar-refractivity contribution in [3.63, 3.8) is 0 Å². The van der Waals surface area contributed by atoms with Crippen LogP contribution < -0.4 is 0 Å². The molecule has 0 unspecified atom stereocenters. The van der Waals surface area contributed by atoms with Crippen LogP contribution in [0.2, 0.25) is 18.1 Å². The molecule has 0 aliphatic carbocycles. The highest BCUT2D eigenvalue weighted by Gasteiger charge is 2.47. The summed E-state index contributed by atoms with van der Waals surface area (Å²) in [6.07, 6.45) is -0.0560. The lowest BCUT2D eigenvalue weighted by Crippen LogP contribution is -2.61. The first-order chi connectivity index (χ1) is 13.5. The molecule has 1 aliphatic rings. The maximum absolute atomic E-state index is 10.7. The van der Waals surface area contributed by atoms with Crippen LogP contribution >= 0.6 is 0 Å². The van der Waals surface area contributed by atoms with Crippen molar-refractivity contribution in [1.29, 1.82) is 0 Å². The van der Waals surface area contributed by atoms with E-state index < -0.39 is 45.1 Å². The largest absolute Gasteiger partial charge is 0.414 e. The van der Waals surface area contributed by atoms with Gasteiger partial charge in [-0.2, -0.15) is 0 Å². The van der Waals surface area contributed by atoms with Crippen molar-refractivity contribution in [3.05, 3.63) is 35.9 Å². The van der Waals surface area contributed by atoms with Gasteiger partial charge in [0, 0.05) is 7.11 Å². The molecule has 0 bridgehead atoms.